The molecule has 0 saturated carbocycles. The largest absolute Gasteiger partial charge is 0.307 e. The molecule has 1 aliphatic carbocycles. The van der Waals surface area contributed by atoms with Gasteiger partial charge in [-0.05, 0) is 55.3 Å². The van der Waals surface area contributed by atoms with Crippen molar-refractivity contribution in [3.63, 3.8) is 0 Å². The normalized spacial score (nSPS) is 13.9. The van der Waals surface area contributed by atoms with Crippen LogP contribution in [0.2, 0.25) is 0 Å². The van der Waals surface area contributed by atoms with Gasteiger partial charge in [-0.3, -0.25) is 14.5 Å². The van der Waals surface area contributed by atoms with E-state index in [1.54, 1.807) is 0 Å². The summed E-state index contributed by atoms with van der Waals surface area (Å²) >= 11 is 0. The van der Waals surface area contributed by atoms with Gasteiger partial charge in [-0.1, -0.05) is 36.4 Å². The minimum absolute atomic E-state index is 0.811. The highest BCUT2D eigenvalue weighted by atomic mass is 15.2. The molecule has 36 heavy (non-hydrogen) atoms. The summed E-state index contributed by atoms with van der Waals surface area (Å²) in [6.07, 6.45) is 14.5. The molecule has 0 fully saturated rings. The van der Waals surface area contributed by atoms with Crippen LogP contribution in [0.4, 0.5) is 0 Å². The second-order valence-electron chi connectivity index (χ2n) is 9.13. The van der Waals surface area contributed by atoms with E-state index in [0.717, 1.165) is 73.3 Å². The average molecular weight is 465 g/mol. The van der Waals surface area contributed by atoms with Gasteiger partial charge in [0.2, 0.25) is 0 Å². The minimum Gasteiger partial charge on any atom is -0.307 e. The molecule has 0 bridgehead atoms. The number of nitrogens with zero attached hydrogens (tertiary/aromatic N) is 6. The molecular weight excluding hydrogens is 444 g/mol. The SMILES string of the molecule is C1=CC(n2c3ccccc3c3nnc4c(c5cnccc5n4-c4cccc5ncccc45)c32)=CCC1. The van der Waals surface area contributed by atoms with E-state index in [2.05, 4.69) is 79.8 Å². The monoisotopic (exact) mass is 464 g/mol. The molecule has 7 aromatic rings. The van der Waals surface area contributed by atoms with E-state index >= 15 is 0 Å². The van der Waals surface area contributed by atoms with Gasteiger partial charge in [0.15, 0.2) is 5.65 Å². The number of aromatic nitrogens is 6. The molecule has 0 spiro atoms. The van der Waals surface area contributed by atoms with Crippen LogP contribution in [0.1, 0.15) is 12.8 Å². The summed E-state index contributed by atoms with van der Waals surface area (Å²) in [7, 11) is 0. The molecule has 0 unspecified atom stereocenters. The van der Waals surface area contributed by atoms with Crippen LogP contribution in [0.25, 0.3) is 66.2 Å². The van der Waals surface area contributed by atoms with Gasteiger partial charge in [-0.2, -0.15) is 0 Å². The summed E-state index contributed by atoms with van der Waals surface area (Å²) in [6, 6.07) is 20.8. The van der Waals surface area contributed by atoms with E-state index in [0.29, 0.717) is 0 Å². The van der Waals surface area contributed by atoms with E-state index < -0.39 is 0 Å². The first-order chi connectivity index (χ1) is 17.9. The number of fused-ring (bicyclic) bond motifs is 8. The van der Waals surface area contributed by atoms with E-state index in [1.165, 1.54) is 5.70 Å². The first-order valence-corrected chi connectivity index (χ1v) is 12.2. The van der Waals surface area contributed by atoms with Crippen LogP contribution in [0.3, 0.4) is 0 Å². The summed E-state index contributed by atoms with van der Waals surface area (Å²) < 4.78 is 4.55. The fourth-order valence-electron chi connectivity index (χ4n) is 5.66. The number of pyridine rings is 2. The lowest BCUT2D eigenvalue weighted by Gasteiger charge is -2.12. The molecular formula is C30H20N6. The molecule has 0 N–H and O–H groups in total. The van der Waals surface area contributed by atoms with Gasteiger partial charge in [-0.15, -0.1) is 10.2 Å². The lowest BCUT2D eigenvalue weighted by molar-refractivity contribution is 1.02. The minimum atomic E-state index is 0.811. The van der Waals surface area contributed by atoms with Crippen molar-refractivity contribution in [3.05, 3.63) is 97.5 Å². The van der Waals surface area contributed by atoms with Crippen molar-refractivity contribution in [2.24, 2.45) is 0 Å². The Kier molecular flexibility index (Phi) is 3.96. The van der Waals surface area contributed by atoms with Crippen molar-refractivity contribution >= 4 is 60.5 Å². The highest BCUT2D eigenvalue weighted by Gasteiger charge is 2.23. The van der Waals surface area contributed by atoms with Crippen LogP contribution in [-0.4, -0.2) is 29.3 Å². The quantitative estimate of drug-likeness (QED) is 0.282. The molecule has 0 saturated heterocycles. The van der Waals surface area contributed by atoms with Gasteiger partial charge in [0.25, 0.3) is 0 Å². The fraction of sp³-hybridized carbons (Fsp3) is 0.0667. The van der Waals surface area contributed by atoms with Crippen molar-refractivity contribution in [3.8, 4) is 5.69 Å². The zero-order chi connectivity index (χ0) is 23.6. The zero-order valence-electron chi connectivity index (χ0n) is 19.3. The Bertz CT molecular complexity index is 2050. The summed E-state index contributed by atoms with van der Waals surface area (Å²) in [5, 5.41) is 14.0. The predicted molar refractivity (Wildman–Crippen MR) is 145 cm³/mol. The Hall–Kier alpha value is -4.84. The van der Waals surface area contributed by atoms with Gasteiger partial charge >= 0.3 is 0 Å². The van der Waals surface area contributed by atoms with Crippen LogP contribution >= 0.6 is 0 Å². The van der Waals surface area contributed by atoms with Gasteiger partial charge in [0.1, 0.15) is 5.52 Å². The van der Waals surface area contributed by atoms with Crippen LogP contribution in [0.15, 0.2) is 97.5 Å². The van der Waals surface area contributed by atoms with Crippen molar-refractivity contribution in [2.75, 3.05) is 0 Å². The van der Waals surface area contributed by atoms with E-state index in [9.17, 15) is 0 Å². The maximum Gasteiger partial charge on any atom is 0.170 e. The number of hydrogen-bond acceptors (Lipinski definition) is 4. The molecule has 5 aromatic heterocycles. The van der Waals surface area contributed by atoms with Crippen LogP contribution in [0, 0.1) is 0 Å². The molecule has 0 aliphatic heterocycles. The third-order valence-corrected chi connectivity index (χ3v) is 7.17. The summed E-state index contributed by atoms with van der Waals surface area (Å²) in [6.45, 7) is 0. The second-order valence-corrected chi connectivity index (χ2v) is 9.13. The molecule has 5 heterocycles. The predicted octanol–water partition coefficient (Wildman–Crippen LogP) is 6.82. The van der Waals surface area contributed by atoms with Crippen molar-refractivity contribution in [2.45, 2.75) is 12.8 Å². The van der Waals surface area contributed by atoms with Gasteiger partial charge in [0, 0.05) is 40.4 Å². The smallest absolute Gasteiger partial charge is 0.170 e. The van der Waals surface area contributed by atoms with Gasteiger partial charge < -0.3 is 4.57 Å². The standard InChI is InChI=1S/C30H20N6/c1-2-8-19(9-3-1)35-25-13-5-4-10-21(25)28-29(35)27-22-18-31-17-15-26(22)36(30(27)34-33-28)24-14-6-12-23-20(24)11-7-16-32-23/h2,4-18H,1,3H2. The molecule has 6 heteroatoms. The Morgan fingerprint density at radius 1 is 0.722 bits per heavy atom. The maximum atomic E-state index is 4.85. The molecule has 2 aromatic carbocycles. The Morgan fingerprint density at radius 2 is 1.64 bits per heavy atom. The first-order valence-electron chi connectivity index (χ1n) is 12.2. The van der Waals surface area contributed by atoms with Crippen LogP contribution < -0.4 is 0 Å². The molecule has 0 amide bonds. The number of para-hydroxylation sites is 1. The number of rotatable bonds is 2. The molecule has 170 valence electrons. The van der Waals surface area contributed by atoms with Gasteiger partial charge in [0.05, 0.1) is 33.1 Å². The Morgan fingerprint density at radius 3 is 2.58 bits per heavy atom. The molecule has 8 rings (SSSR count). The number of hydrogen-bond donors (Lipinski definition) is 0. The van der Waals surface area contributed by atoms with Crippen LogP contribution in [-0.2, 0) is 0 Å². The second kappa shape index (κ2) is 7.33. The average Bonchev–Trinajstić information content (AvgIpc) is 3.46. The molecule has 1 aliphatic rings. The third-order valence-electron chi connectivity index (χ3n) is 7.17. The summed E-state index contributed by atoms with van der Waals surface area (Å²) in [5.41, 5.74) is 8.09. The zero-order valence-corrected chi connectivity index (χ0v) is 19.3. The van der Waals surface area contributed by atoms with E-state index in [4.69, 9.17) is 10.2 Å². The topological polar surface area (TPSA) is 61.4 Å². The molecule has 6 nitrogen and oxygen atoms in total. The summed E-state index contributed by atoms with van der Waals surface area (Å²) in [5.74, 6) is 0. The van der Waals surface area contributed by atoms with Crippen molar-refractivity contribution in [1.82, 2.24) is 29.3 Å². The van der Waals surface area contributed by atoms with Crippen molar-refractivity contribution in [1.29, 1.82) is 0 Å². The molecule has 0 atom stereocenters. The third kappa shape index (κ3) is 2.55. The van der Waals surface area contributed by atoms with E-state index in [-0.39, 0.29) is 0 Å². The van der Waals surface area contributed by atoms with Crippen molar-refractivity contribution < 1.29 is 0 Å². The first kappa shape index (κ1) is 19.5. The van der Waals surface area contributed by atoms with Gasteiger partial charge in [-0.25, -0.2) is 0 Å². The lowest BCUT2D eigenvalue weighted by Crippen LogP contribution is -2.00. The number of benzene rings is 2. The highest BCUT2D eigenvalue weighted by Crippen LogP contribution is 2.40. The van der Waals surface area contributed by atoms with Crippen LogP contribution in [0.5, 0.6) is 0 Å². The highest BCUT2D eigenvalue weighted by molar-refractivity contribution is 6.24. The fourth-order valence-corrected chi connectivity index (χ4v) is 5.66. The lowest BCUT2D eigenvalue weighted by atomic mass is 10.1. The Balaban J connectivity index is 1.62. The maximum absolute atomic E-state index is 4.85. The Labute approximate surface area is 205 Å². The summed E-state index contributed by atoms with van der Waals surface area (Å²) in [4.78, 5) is 9.11. The number of allylic oxidation sites excluding steroid dienone is 4. The van der Waals surface area contributed by atoms with E-state index in [1.807, 2.05) is 36.8 Å². The molecule has 0 radical (unpaired) electrons.